The number of ether oxygens (including phenoxy) is 2. The average Bonchev–Trinajstić information content (AvgIpc) is 2.76. The minimum Gasteiger partial charge on any atom is -0.353 e. The Morgan fingerprint density at radius 3 is 1.80 bits per heavy atom. The van der Waals surface area contributed by atoms with Crippen molar-refractivity contribution in [2.75, 3.05) is 13.2 Å². The van der Waals surface area contributed by atoms with Gasteiger partial charge in [0.15, 0.2) is 6.29 Å². The van der Waals surface area contributed by atoms with Crippen LogP contribution in [0.2, 0.25) is 0 Å². The molecular formula is C28H50O2. The van der Waals surface area contributed by atoms with Crippen molar-refractivity contribution in [3.63, 3.8) is 0 Å². The first-order chi connectivity index (χ1) is 14.8. The van der Waals surface area contributed by atoms with Crippen LogP contribution in [0.3, 0.4) is 0 Å². The summed E-state index contributed by atoms with van der Waals surface area (Å²) in [6, 6.07) is 0. The fraction of sp³-hybridized carbons (Fsp3) is 0.786. The zero-order valence-electron chi connectivity index (χ0n) is 20.3. The van der Waals surface area contributed by atoms with Gasteiger partial charge in [-0.2, -0.15) is 0 Å². The lowest BCUT2D eigenvalue weighted by Crippen LogP contribution is -2.19. The molecule has 0 amide bonds. The van der Waals surface area contributed by atoms with Crippen LogP contribution in [0.1, 0.15) is 123 Å². The van der Waals surface area contributed by atoms with Gasteiger partial charge in [-0.05, 0) is 50.7 Å². The molecule has 0 aliphatic carbocycles. The first kappa shape index (κ1) is 29.0. The van der Waals surface area contributed by atoms with Crippen molar-refractivity contribution in [2.24, 2.45) is 0 Å². The van der Waals surface area contributed by atoms with Gasteiger partial charge in [0, 0.05) is 13.2 Å². The molecule has 0 radical (unpaired) electrons. The lowest BCUT2D eigenvalue weighted by Gasteiger charge is -2.19. The highest BCUT2D eigenvalue weighted by molar-refractivity contribution is 5.21. The van der Waals surface area contributed by atoms with Crippen LogP contribution in [0.4, 0.5) is 0 Å². The Bertz CT molecular complexity index is 414. The monoisotopic (exact) mass is 418 g/mol. The van der Waals surface area contributed by atoms with Crippen LogP contribution in [0.5, 0.6) is 0 Å². The highest BCUT2D eigenvalue weighted by atomic mass is 16.7. The van der Waals surface area contributed by atoms with Crippen LogP contribution >= 0.6 is 0 Å². The number of allylic oxidation sites excluding steroid dienone is 3. The van der Waals surface area contributed by atoms with Gasteiger partial charge in [0.05, 0.1) is 0 Å². The van der Waals surface area contributed by atoms with Gasteiger partial charge in [0.25, 0.3) is 0 Å². The molecule has 0 rings (SSSR count). The van der Waals surface area contributed by atoms with Gasteiger partial charge in [-0.3, -0.25) is 0 Å². The minimum absolute atomic E-state index is 0.00807. The molecule has 2 heteroatoms. The number of hydrogen-bond acceptors (Lipinski definition) is 2. The number of hydrogen-bond donors (Lipinski definition) is 0. The normalized spacial score (nSPS) is 11.2. The van der Waals surface area contributed by atoms with Gasteiger partial charge in [-0.15, -0.1) is 0 Å². The van der Waals surface area contributed by atoms with E-state index >= 15 is 0 Å². The SMILES string of the molecule is C=CC#C/C=C/CCCCCCCC(OCCCCCCC)OCCCCCCC. The molecule has 0 fully saturated rings. The summed E-state index contributed by atoms with van der Waals surface area (Å²) in [6.45, 7) is 9.81. The molecule has 0 atom stereocenters. The summed E-state index contributed by atoms with van der Waals surface area (Å²) in [5.74, 6) is 5.78. The predicted octanol–water partition coefficient (Wildman–Crippen LogP) is 8.76. The van der Waals surface area contributed by atoms with Gasteiger partial charge in [-0.25, -0.2) is 0 Å². The van der Waals surface area contributed by atoms with E-state index in [1.807, 2.05) is 6.08 Å². The Kier molecular flexibility index (Phi) is 25.1. The Balaban J connectivity index is 3.84. The Labute approximate surface area is 188 Å². The lowest BCUT2D eigenvalue weighted by atomic mass is 10.1. The van der Waals surface area contributed by atoms with Crippen LogP contribution in [0.25, 0.3) is 0 Å². The maximum Gasteiger partial charge on any atom is 0.157 e. The fourth-order valence-electron chi connectivity index (χ4n) is 3.41. The third kappa shape index (κ3) is 23.2. The van der Waals surface area contributed by atoms with Crippen molar-refractivity contribution in [1.29, 1.82) is 0 Å². The first-order valence-electron chi connectivity index (χ1n) is 12.8. The highest BCUT2D eigenvalue weighted by Crippen LogP contribution is 2.14. The molecule has 0 aliphatic rings. The molecular weight excluding hydrogens is 368 g/mol. The summed E-state index contributed by atoms with van der Waals surface area (Å²) in [5, 5.41) is 0. The summed E-state index contributed by atoms with van der Waals surface area (Å²) >= 11 is 0. The van der Waals surface area contributed by atoms with E-state index in [4.69, 9.17) is 9.47 Å². The molecule has 0 N–H and O–H groups in total. The van der Waals surface area contributed by atoms with Crippen molar-refractivity contribution in [3.05, 3.63) is 24.8 Å². The van der Waals surface area contributed by atoms with Crippen molar-refractivity contribution < 1.29 is 9.47 Å². The lowest BCUT2D eigenvalue weighted by molar-refractivity contribution is -0.148. The molecule has 0 bridgehead atoms. The quantitative estimate of drug-likeness (QED) is 0.0993. The van der Waals surface area contributed by atoms with E-state index in [0.717, 1.165) is 26.1 Å². The standard InChI is InChI=1S/C28H50O2/c1-4-7-10-13-14-15-16-17-18-19-22-25-28(29-26-23-20-11-8-5-2)30-27-24-21-12-9-6-3/h4,13-14,28H,1,5-6,8-9,11-12,15-27H2,2-3H3/b14-13+. The third-order valence-electron chi connectivity index (χ3n) is 5.30. The molecule has 0 saturated heterocycles. The fourth-order valence-corrected chi connectivity index (χ4v) is 3.41. The molecule has 0 aromatic heterocycles. The molecule has 0 unspecified atom stereocenters. The first-order valence-corrected chi connectivity index (χ1v) is 12.8. The van der Waals surface area contributed by atoms with E-state index in [1.165, 1.54) is 96.3 Å². The molecule has 0 saturated carbocycles. The molecule has 0 spiro atoms. The van der Waals surface area contributed by atoms with Crippen LogP contribution in [0, 0.1) is 11.8 Å². The van der Waals surface area contributed by atoms with E-state index in [1.54, 1.807) is 6.08 Å². The van der Waals surface area contributed by atoms with Crippen LogP contribution in [-0.2, 0) is 9.47 Å². The topological polar surface area (TPSA) is 18.5 Å². The second kappa shape index (κ2) is 26.0. The van der Waals surface area contributed by atoms with Crippen molar-refractivity contribution in [2.45, 2.75) is 129 Å². The molecule has 0 aliphatic heterocycles. The molecule has 30 heavy (non-hydrogen) atoms. The van der Waals surface area contributed by atoms with E-state index in [0.29, 0.717) is 0 Å². The van der Waals surface area contributed by atoms with Gasteiger partial charge in [-0.1, -0.05) is 109 Å². The second-order valence-corrected chi connectivity index (χ2v) is 8.24. The third-order valence-corrected chi connectivity index (χ3v) is 5.30. The molecule has 0 aromatic carbocycles. The average molecular weight is 419 g/mol. The zero-order valence-corrected chi connectivity index (χ0v) is 20.3. The maximum atomic E-state index is 6.09. The Hall–Kier alpha value is -1.04. The molecule has 0 heterocycles. The summed E-state index contributed by atoms with van der Waals surface area (Å²) in [5.41, 5.74) is 0. The summed E-state index contributed by atoms with van der Waals surface area (Å²) in [4.78, 5) is 0. The zero-order chi connectivity index (χ0) is 22.0. The summed E-state index contributed by atoms with van der Waals surface area (Å²) in [6.07, 6.45) is 27.1. The van der Waals surface area contributed by atoms with Crippen LogP contribution in [-0.4, -0.2) is 19.5 Å². The van der Waals surface area contributed by atoms with Crippen molar-refractivity contribution in [3.8, 4) is 11.8 Å². The van der Waals surface area contributed by atoms with Crippen molar-refractivity contribution >= 4 is 0 Å². The van der Waals surface area contributed by atoms with E-state index < -0.39 is 0 Å². The molecule has 174 valence electrons. The van der Waals surface area contributed by atoms with Crippen LogP contribution < -0.4 is 0 Å². The smallest absolute Gasteiger partial charge is 0.157 e. The summed E-state index contributed by atoms with van der Waals surface area (Å²) in [7, 11) is 0. The van der Waals surface area contributed by atoms with Gasteiger partial charge in [0.1, 0.15) is 0 Å². The predicted molar refractivity (Wildman–Crippen MR) is 133 cm³/mol. The van der Waals surface area contributed by atoms with E-state index in [9.17, 15) is 0 Å². The van der Waals surface area contributed by atoms with Crippen molar-refractivity contribution in [1.82, 2.24) is 0 Å². The van der Waals surface area contributed by atoms with Gasteiger partial charge in [0.2, 0.25) is 0 Å². The van der Waals surface area contributed by atoms with Crippen LogP contribution in [0.15, 0.2) is 24.8 Å². The Morgan fingerprint density at radius 1 is 0.667 bits per heavy atom. The maximum absolute atomic E-state index is 6.09. The van der Waals surface area contributed by atoms with E-state index in [-0.39, 0.29) is 6.29 Å². The van der Waals surface area contributed by atoms with Gasteiger partial charge < -0.3 is 9.47 Å². The minimum atomic E-state index is 0.00807. The highest BCUT2D eigenvalue weighted by Gasteiger charge is 2.09. The molecule has 0 aromatic rings. The largest absolute Gasteiger partial charge is 0.353 e. The number of rotatable bonds is 22. The summed E-state index contributed by atoms with van der Waals surface area (Å²) < 4.78 is 12.2. The number of unbranched alkanes of at least 4 members (excludes halogenated alkanes) is 13. The molecule has 2 nitrogen and oxygen atoms in total. The second-order valence-electron chi connectivity index (χ2n) is 8.24. The van der Waals surface area contributed by atoms with Gasteiger partial charge >= 0.3 is 0 Å². The Morgan fingerprint density at radius 2 is 1.20 bits per heavy atom. The van der Waals surface area contributed by atoms with E-state index in [2.05, 4.69) is 38.3 Å².